The molecular formula is C29H45BrN2O. The smallest absolute Gasteiger partial charge is 0.0921 e. The van der Waals surface area contributed by atoms with E-state index in [2.05, 4.69) is 68.6 Å². The summed E-state index contributed by atoms with van der Waals surface area (Å²) in [4.78, 5) is 0. The predicted molar refractivity (Wildman–Crippen MR) is 145 cm³/mol. The summed E-state index contributed by atoms with van der Waals surface area (Å²) in [6.45, 7) is 13.3. The first kappa shape index (κ1) is 27.9. The van der Waals surface area contributed by atoms with Gasteiger partial charge in [0.25, 0.3) is 0 Å². The van der Waals surface area contributed by atoms with Gasteiger partial charge in [0.2, 0.25) is 0 Å². The highest BCUT2D eigenvalue weighted by Crippen LogP contribution is 2.50. The van der Waals surface area contributed by atoms with Crippen LogP contribution < -0.4 is 0 Å². The van der Waals surface area contributed by atoms with Gasteiger partial charge in [0, 0.05) is 6.20 Å². The van der Waals surface area contributed by atoms with Gasteiger partial charge >= 0.3 is 0 Å². The summed E-state index contributed by atoms with van der Waals surface area (Å²) in [6, 6.07) is 8.06. The highest BCUT2D eigenvalue weighted by molar-refractivity contribution is 9.10. The van der Waals surface area contributed by atoms with Crippen LogP contribution in [-0.4, -0.2) is 14.9 Å². The Labute approximate surface area is 210 Å². The summed E-state index contributed by atoms with van der Waals surface area (Å²) in [6.07, 6.45) is 17.0. The summed E-state index contributed by atoms with van der Waals surface area (Å²) < 4.78 is 2.77. The van der Waals surface area contributed by atoms with Crippen molar-refractivity contribution in [1.29, 1.82) is 0 Å². The molecule has 0 amide bonds. The minimum atomic E-state index is -0.743. The number of nitrogens with zero attached hydrogens (tertiary/aromatic N) is 2. The number of allylic oxidation sites excluding steroid dienone is 2. The van der Waals surface area contributed by atoms with E-state index in [-0.39, 0.29) is 5.92 Å². The molecule has 2 unspecified atom stereocenters. The average Bonchev–Trinajstić information content (AvgIpc) is 3.36. The number of aromatic nitrogens is 2. The van der Waals surface area contributed by atoms with E-state index in [0.717, 1.165) is 35.0 Å². The lowest BCUT2D eigenvalue weighted by molar-refractivity contribution is -0.0274. The fourth-order valence-corrected chi connectivity index (χ4v) is 4.84. The highest BCUT2D eigenvalue weighted by Gasteiger charge is 2.37. The Kier molecular flexibility index (Phi) is 10.9. The zero-order chi connectivity index (χ0) is 24.5. The number of hydrogen-bond donors (Lipinski definition) is 1. The predicted octanol–water partition coefficient (Wildman–Crippen LogP) is 8.98. The van der Waals surface area contributed by atoms with Crippen LogP contribution in [0, 0.1) is 11.3 Å². The molecule has 1 aliphatic rings. The van der Waals surface area contributed by atoms with Crippen molar-refractivity contribution in [3.8, 4) is 5.69 Å². The maximum atomic E-state index is 11.1. The van der Waals surface area contributed by atoms with Gasteiger partial charge in [0.15, 0.2) is 0 Å². The van der Waals surface area contributed by atoms with Crippen molar-refractivity contribution in [3.05, 3.63) is 58.3 Å². The zero-order valence-electron chi connectivity index (χ0n) is 21.7. The third-order valence-electron chi connectivity index (χ3n) is 7.06. The first-order chi connectivity index (χ1) is 15.7. The Balaban J connectivity index is 0.000000273. The molecule has 1 saturated carbocycles. The first-order valence-corrected chi connectivity index (χ1v) is 13.7. The van der Waals surface area contributed by atoms with E-state index in [9.17, 15) is 5.11 Å². The van der Waals surface area contributed by atoms with Gasteiger partial charge in [-0.25, -0.2) is 4.68 Å². The molecule has 0 aliphatic heterocycles. The average molecular weight is 518 g/mol. The molecule has 1 heterocycles. The van der Waals surface area contributed by atoms with E-state index in [4.69, 9.17) is 0 Å². The van der Waals surface area contributed by atoms with Crippen LogP contribution in [0.2, 0.25) is 0 Å². The van der Waals surface area contributed by atoms with E-state index in [0.29, 0.717) is 5.41 Å². The van der Waals surface area contributed by atoms with E-state index < -0.39 is 5.60 Å². The maximum absolute atomic E-state index is 11.1. The fraction of sp³-hybridized carbons (Fsp3) is 0.621. The van der Waals surface area contributed by atoms with Gasteiger partial charge in [0.05, 0.1) is 22.0 Å². The molecule has 0 bridgehead atoms. The second-order valence-electron chi connectivity index (χ2n) is 10.1. The molecule has 1 fully saturated rings. The van der Waals surface area contributed by atoms with E-state index in [1.807, 2.05) is 35.1 Å². The number of aliphatic hydroxyl groups is 1. The molecule has 1 aliphatic carbocycles. The number of rotatable bonds is 11. The van der Waals surface area contributed by atoms with Crippen molar-refractivity contribution >= 4 is 15.9 Å². The Bertz CT molecular complexity index is 866. The van der Waals surface area contributed by atoms with Crippen molar-refractivity contribution in [3.63, 3.8) is 0 Å². The Morgan fingerprint density at radius 3 is 2.30 bits per heavy atom. The van der Waals surface area contributed by atoms with Crippen LogP contribution in [0.15, 0.2) is 52.8 Å². The van der Waals surface area contributed by atoms with Crippen LogP contribution in [-0.2, 0) is 5.60 Å². The molecule has 33 heavy (non-hydrogen) atoms. The molecular weight excluding hydrogens is 472 g/mol. The molecule has 1 aromatic heterocycles. The summed E-state index contributed by atoms with van der Waals surface area (Å²) >= 11 is 3.40. The van der Waals surface area contributed by atoms with Crippen LogP contribution in [0.3, 0.4) is 0 Å². The van der Waals surface area contributed by atoms with Gasteiger partial charge in [0.1, 0.15) is 0 Å². The normalized spacial score (nSPS) is 17.6. The van der Waals surface area contributed by atoms with Crippen LogP contribution in [0.1, 0.15) is 105 Å². The molecule has 0 radical (unpaired) electrons. The van der Waals surface area contributed by atoms with Gasteiger partial charge in [-0.15, -0.1) is 0 Å². The second kappa shape index (κ2) is 12.9. The third-order valence-corrected chi connectivity index (χ3v) is 7.47. The van der Waals surface area contributed by atoms with Gasteiger partial charge < -0.3 is 5.11 Å². The zero-order valence-corrected chi connectivity index (χ0v) is 23.3. The van der Waals surface area contributed by atoms with E-state index in [1.165, 1.54) is 38.5 Å². The second-order valence-corrected chi connectivity index (χ2v) is 11.1. The molecule has 1 N–H and O–H groups in total. The lowest BCUT2D eigenvalue weighted by atomic mass is 9.78. The summed E-state index contributed by atoms with van der Waals surface area (Å²) in [5.74, 6) is 0.238. The molecule has 0 spiro atoms. The molecule has 184 valence electrons. The minimum absolute atomic E-state index is 0.238. The largest absolute Gasteiger partial charge is 0.385 e. The van der Waals surface area contributed by atoms with Crippen LogP contribution in [0.25, 0.3) is 5.69 Å². The van der Waals surface area contributed by atoms with Crippen molar-refractivity contribution in [1.82, 2.24) is 9.78 Å². The van der Waals surface area contributed by atoms with E-state index in [1.54, 1.807) is 11.8 Å². The number of halogens is 1. The fourth-order valence-electron chi connectivity index (χ4n) is 4.55. The summed E-state index contributed by atoms with van der Waals surface area (Å²) in [5.41, 5.74) is 3.66. The number of hydrogen-bond acceptors (Lipinski definition) is 2. The topological polar surface area (TPSA) is 38.0 Å². The third kappa shape index (κ3) is 8.10. The minimum Gasteiger partial charge on any atom is -0.385 e. The van der Waals surface area contributed by atoms with Crippen molar-refractivity contribution in [2.24, 2.45) is 11.3 Å². The van der Waals surface area contributed by atoms with Gasteiger partial charge in [-0.2, -0.15) is 5.10 Å². The van der Waals surface area contributed by atoms with Crippen molar-refractivity contribution < 1.29 is 5.11 Å². The van der Waals surface area contributed by atoms with Crippen molar-refractivity contribution in [2.75, 3.05) is 0 Å². The summed E-state index contributed by atoms with van der Waals surface area (Å²) in [7, 11) is 0. The molecule has 2 aromatic rings. The van der Waals surface area contributed by atoms with Crippen LogP contribution >= 0.6 is 15.9 Å². The number of benzene rings is 1. The lowest BCUT2D eigenvalue weighted by Crippen LogP contribution is -2.33. The molecule has 0 saturated heterocycles. The molecule has 4 heteroatoms. The highest BCUT2D eigenvalue weighted by atomic mass is 79.9. The Morgan fingerprint density at radius 1 is 1.18 bits per heavy atom. The van der Waals surface area contributed by atoms with Crippen molar-refractivity contribution in [2.45, 2.75) is 105 Å². The molecule has 3 rings (SSSR count). The summed E-state index contributed by atoms with van der Waals surface area (Å²) in [5, 5.41) is 15.4. The molecule has 1 aromatic carbocycles. The first-order valence-electron chi connectivity index (χ1n) is 12.9. The van der Waals surface area contributed by atoms with Gasteiger partial charge in [-0.1, -0.05) is 84.6 Å². The quantitative estimate of drug-likeness (QED) is 0.302. The Morgan fingerprint density at radius 2 is 1.85 bits per heavy atom. The van der Waals surface area contributed by atoms with E-state index >= 15 is 0 Å². The van der Waals surface area contributed by atoms with Gasteiger partial charge in [-0.3, -0.25) is 0 Å². The monoisotopic (exact) mass is 516 g/mol. The SMILES string of the molecule is CC/C=C(\CCC)CC1(C)CC1.CCCC(O)(c1ccc(-n2cc(Br)cn2)cc1)C(C)CC. The maximum Gasteiger partial charge on any atom is 0.0921 e. The van der Waals surface area contributed by atoms with Gasteiger partial charge in [-0.05, 0) is 83.5 Å². The van der Waals surface area contributed by atoms with Crippen LogP contribution in [0.5, 0.6) is 0 Å². The molecule has 3 nitrogen and oxygen atoms in total. The lowest BCUT2D eigenvalue weighted by Gasteiger charge is -2.34. The van der Waals surface area contributed by atoms with Crippen LogP contribution in [0.4, 0.5) is 0 Å². The Hall–Kier alpha value is -1.39. The molecule has 2 atom stereocenters. The standard InChI is InChI=1S/C17H23BrN2O.C12H22/c1-4-10-17(21,13(3)5-2)14-6-8-16(9-7-14)20-12-15(18)11-19-20;1-4-6-11(7-5-2)10-12(3)8-9-12/h6-9,11-13,21H,4-5,10H2,1-3H3;6H,4-5,7-10H2,1-3H3/b;11-6+.